The fraction of sp³-hybridized carbons (Fsp3) is 0.391. The molecule has 0 saturated heterocycles. The third-order valence-electron chi connectivity index (χ3n) is 5.10. The summed E-state index contributed by atoms with van der Waals surface area (Å²) in [6.45, 7) is 3.76. The highest BCUT2D eigenvalue weighted by Crippen LogP contribution is 2.08. The molecule has 10 nitrogen and oxygen atoms in total. The molecule has 33 heavy (non-hydrogen) atoms. The lowest BCUT2D eigenvalue weighted by Gasteiger charge is -2.25. The molecule has 0 spiro atoms. The van der Waals surface area contributed by atoms with Gasteiger partial charge >= 0.3 is 6.09 Å². The Kier molecular flexibility index (Phi) is 8.06. The second-order valence-corrected chi connectivity index (χ2v) is 8.03. The number of hydrogen-bond donors (Lipinski definition) is 3. The van der Waals surface area contributed by atoms with Crippen LogP contribution in [0, 0.1) is 5.92 Å². The van der Waals surface area contributed by atoms with Crippen molar-refractivity contribution < 1.29 is 23.9 Å². The zero-order valence-electron chi connectivity index (χ0n) is 18.5. The van der Waals surface area contributed by atoms with Crippen LogP contribution in [0.5, 0.6) is 0 Å². The second-order valence-electron chi connectivity index (χ2n) is 8.03. The number of nitrogens with one attached hydrogen (secondary N) is 3. The quantitative estimate of drug-likeness (QED) is 0.547. The van der Waals surface area contributed by atoms with Crippen LogP contribution in [0.15, 0.2) is 42.6 Å². The molecule has 3 N–H and O–H groups in total. The maximum Gasteiger partial charge on any atom is 0.408 e. The van der Waals surface area contributed by atoms with Gasteiger partial charge in [0.15, 0.2) is 0 Å². The lowest BCUT2D eigenvalue weighted by Crippen LogP contribution is -2.56. The smallest absolute Gasteiger partial charge is 0.408 e. The van der Waals surface area contributed by atoms with E-state index >= 15 is 0 Å². The molecular formula is C23H27N5O5. The molecule has 2 atom stereocenters. The molecule has 2 aromatic rings. The number of ether oxygens (including phenoxy) is 1. The molecular weight excluding hydrogens is 426 g/mol. The molecule has 0 aliphatic carbocycles. The van der Waals surface area contributed by atoms with Crippen molar-refractivity contribution in [1.82, 2.24) is 25.9 Å². The van der Waals surface area contributed by atoms with E-state index in [1.165, 1.54) is 0 Å². The molecule has 1 aliphatic rings. The zero-order valence-corrected chi connectivity index (χ0v) is 18.5. The largest absolute Gasteiger partial charge is 0.445 e. The standard InChI is InChI=1S/C23H27N5O5/c1-14(2)19(28-23(32)33-13-15-6-4-3-5-7-15)21(30)27-17-12-16-8-10-24-18(26-16)9-11-25-22(31)20(17)29/h3-8,10,14,17,19H,9,11-13H2,1-2H3,(H,25,31)(H,27,30)(H,28,32). The minimum absolute atomic E-state index is 0.0246. The SMILES string of the molecule is CC(C)C(NC(=O)OCc1ccccc1)C(=O)NC1Cc2ccnc(n2)CCNC(=O)C1=O. The Balaban J connectivity index is 1.68. The molecule has 0 fully saturated rings. The summed E-state index contributed by atoms with van der Waals surface area (Å²) in [6, 6.07) is 8.66. The first-order valence-corrected chi connectivity index (χ1v) is 10.7. The summed E-state index contributed by atoms with van der Waals surface area (Å²) >= 11 is 0. The number of carbonyl (C=O) groups is 4. The Morgan fingerprint density at radius 3 is 2.67 bits per heavy atom. The van der Waals surface area contributed by atoms with Gasteiger partial charge in [-0.1, -0.05) is 44.2 Å². The van der Waals surface area contributed by atoms with Crippen LogP contribution in [-0.2, 0) is 38.6 Å². The number of alkyl carbamates (subject to hydrolysis) is 1. The first-order chi connectivity index (χ1) is 15.8. The van der Waals surface area contributed by atoms with Gasteiger partial charge in [0.2, 0.25) is 11.7 Å². The summed E-state index contributed by atoms with van der Waals surface area (Å²) in [6.07, 6.45) is 1.24. The number of amides is 3. The predicted molar refractivity (Wildman–Crippen MR) is 118 cm³/mol. The monoisotopic (exact) mass is 453 g/mol. The summed E-state index contributed by atoms with van der Waals surface area (Å²) in [5, 5.41) is 7.67. The highest BCUT2D eigenvalue weighted by Gasteiger charge is 2.32. The van der Waals surface area contributed by atoms with Crippen molar-refractivity contribution in [2.24, 2.45) is 5.92 Å². The first-order valence-electron chi connectivity index (χ1n) is 10.7. The Morgan fingerprint density at radius 2 is 1.94 bits per heavy atom. The number of ketones is 1. The molecule has 1 aromatic heterocycles. The zero-order chi connectivity index (χ0) is 23.8. The van der Waals surface area contributed by atoms with E-state index in [1.807, 2.05) is 30.3 Å². The van der Waals surface area contributed by atoms with Gasteiger partial charge in [0.05, 0.1) is 0 Å². The van der Waals surface area contributed by atoms with Gasteiger partial charge in [0, 0.05) is 31.3 Å². The van der Waals surface area contributed by atoms with Crippen LogP contribution in [0.25, 0.3) is 0 Å². The summed E-state index contributed by atoms with van der Waals surface area (Å²) in [5.41, 5.74) is 1.34. The van der Waals surface area contributed by atoms with E-state index in [0.717, 1.165) is 5.56 Å². The van der Waals surface area contributed by atoms with Crippen molar-refractivity contribution in [3.8, 4) is 0 Å². The van der Waals surface area contributed by atoms with Gasteiger partial charge < -0.3 is 20.7 Å². The molecule has 2 heterocycles. The van der Waals surface area contributed by atoms with Crippen LogP contribution in [-0.4, -0.2) is 52.3 Å². The first kappa shape index (κ1) is 23.8. The molecule has 174 valence electrons. The maximum absolute atomic E-state index is 13.0. The molecule has 1 aliphatic heterocycles. The van der Waals surface area contributed by atoms with E-state index in [1.54, 1.807) is 26.1 Å². The van der Waals surface area contributed by atoms with Crippen LogP contribution < -0.4 is 16.0 Å². The Hall–Kier alpha value is -3.82. The highest BCUT2D eigenvalue weighted by atomic mass is 16.5. The molecule has 2 unspecified atom stereocenters. The Labute approximate surface area is 191 Å². The fourth-order valence-electron chi connectivity index (χ4n) is 3.32. The maximum atomic E-state index is 13.0. The number of fused-ring (bicyclic) bond motifs is 2. The highest BCUT2D eigenvalue weighted by molar-refractivity contribution is 6.38. The van der Waals surface area contributed by atoms with Crippen molar-refractivity contribution in [1.29, 1.82) is 0 Å². The van der Waals surface area contributed by atoms with Gasteiger partial charge in [0.25, 0.3) is 5.91 Å². The van der Waals surface area contributed by atoms with E-state index in [-0.39, 0.29) is 25.5 Å². The number of nitrogens with zero attached hydrogens (tertiary/aromatic N) is 2. The minimum atomic E-state index is -1.14. The average Bonchev–Trinajstić information content (AvgIpc) is 2.80. The fourth-order valence-corrected chi connectivity index (χ4v) is 3.32. The van der Waals surface area contributed by atoms with Crippen molar-refractivity contribution >= 4 is 23.7 Å². The molecule has 10 heteroatoms. The third kappa shape index (κ3) is 6.83. The van der Waals surface area contributed by atoms with Crippen LogP contribution in [0.3, 0.4) is 0 Å². The lowest BCUT2D eigenvalue weighted by atomic mass is 10.0. The molecule has 2 bridgehead atoms. The summed E-state index contributed by atoms with van der Waals surface area (Å²) in [5.74, 6) is -1.93. The van der Waals surface area contributed by atoms with Crippen molar-refractivity contribution in [3.63, 3.8) is 0 Å². The van der Waals surface area contributed by atoms with Gasteiger partial charge in [-0.25, -0.2) is 14.8 Å². The van der Waals surface area contributed by atoms with Gasteiger partial charge in [-0.05, 0) is 17.5 Å². The molecule has 1 aromatic carbocycles. The van der Waals surface area contributed by atoms with E-state index in [9.17, 15) is 19.2 Å². The number of benzene rings is 1. The normalized spacial score (nSPS) is 17.0. The van der Waals surface area contributed by atoms with Crippen molar-refractivity contribution in [3.05, 3.63) is 59.7 Å². The Morgan fingerprint density at radius 1 is 1.18 bits per heavy atom. The summed E-state index contributed by atoms with van der Waals surface area (Å²) in [4.78, 5) is 58.7. The number of Topliss-reactive ketones (excluding diaryl/α,β-unsaturated/α-hetero) is 1. The van der Waals surface area contributed by atoms with Crippen LogP contribution in [0.4, 0.5) is 4.79 Å². The molecule has 0 radical (unpaired) electrons. The van der Waals surface area contributed by atoms with Crippen LogP contribution >= 0.6 is 0 Å². The number of carbonyl (C=O) groups excluding carboxylic acids is 4. The van der Waals surface area contributed by atoms with Crippen molar-refractivity contribution in [2.75, 3.05) is 6.54 Å². The lowest BCUT2D eigenvalue weighted by molar-refractivity contribution is -0.140. The van der Waals surface area contributed by atoms with E-state index in [0.29, 0.717) is 17.9 Å². The van der Waals surface area contributed by atoms with Crippen LogP contribution in [0.1, 0.15) is 30.9 Å². The van der Waals surface area contributed by atoms with Crippen molar-refractivity contribution in [2.45, 2.75) is 45.4 Å². The second kappa shape index (κ2) is 11.2. The molecule has 3 amide bonds. The third-order valence-corrected chi connectivity index (χ3v) is 5.10. The summed E-state index contributed by atoms with van der Waals surface area (Å²) in [7, 11) is 0. The summed E-state index contributed by atoms with van der Waals surface area (Å²) < 4.78 is 5.21. The number of rotatable bonds is 6. The minimum Gasteiger partial charge on any atom is -0.445 e. The van der Waals surface area contributed by atoms with Gasteiger partial charge in [-0.15, -0.1) is 0 Å². The predicted octanol–water partition coefficient (Wildman–Crippen LogP) is 0.696. The van der Waals surface area contributed by atoms with Gasteiger partial charge in [-0.2, -0.15) is 0 Å². The van der Waals surface area contributed by atoms with E-state index < -0.39 is 35.8 Å². The average molecular weight is 453 g/mol. The molecule has 3 rings (SSSR count). The van der Waals surface area contributed by atoms with Gasteiger partial charge in [0.1, 0.15) is 24.5 Å². The number of hydrogen-bond acceptors (Lipinski definition) is 7. The van der Waals surface area contributed by atoms with E-state index in [4.69, 9.17) is 4.74 Å². The van der Waals surface area contributed by atoms with Crippen LogP contribution in [0.2, 0.25) is 0 Å². The van der Waals surface area contributed by atoms with Gasteiger partial charge in [-0.3, -0.25) is 14.4 Å². The van der Waals surface area contributed by atoms with E-state index in [2.05, 4.69) is 25.9 Å². The molecule has 0 saturated carbocycles. The number of aromatic nitrogens is 2. The topological polar surface area (TPSA) is 139 Å². The Bertz CT molecular complexity index is 1010.